The predicted molar refractivity (Wildman–Crippen MR) is 86.0 cm³/mol. The van der Waals surface area contributed by atoms with Crippen molar-refractivity contribution in [2.24, 2.45) is 0 Å². The number of aliphatic carboxylic acids is 1. The van der Waals surface area contributed by atoms with Crippen molar-refractivity contribution >= 4 is 26.2 Å². The normalized spacial score (nSPS) is 12.9. The van der Waals surface area contributed by atoms with Crippen molar-refractivity contribution in [1.29, 1.82) is 0 Å². The van der Waals surface area contributed by atoms with Gasteiger partial charge in [0.15, 0.2) is 0 Å². The highest BCUT2D eigenvalue weighted by atomic mass is 35.5. The van der Waals surface area contributed by atoms with Crippen molar-refractivity contribution in [3.63, 3.8) is 0 Å². The average molecular weight is 313 g/mol. The van der Waals surface area contributed by atoms with Gasteiger partial charge in [0.25, 0.3) is 0 Å². The van der Waals surface area contributed by atoms with E-state index in [-0.39, 0.29) is 25.4 Å². The summed E-state index contributed by atoms with van der Waals surface area (Å²) in [5.41, 5.74) is 0. The lowest BCUT2D eigenvalue weighted by Gasteiger charge is -2.25. The third-order valence-corrected chi connectivity index (χ3v) is 3.28. The standard InChI is InChI=1S/C15H21BO4.ClH/c1-3-4-9-15(16,14(17)18)10-11-20-13-7-5-12(19-2)6-8-13;/h5-8H,3-4,9-11H2,1-2H3,(H,17,18);1H. The van der Waals surface area contributed by atoms with Crippen LogP contribution in [0, 0.1) is 0 Å². The highest BCUT2D eigenvalue weighted by Gasteiger charge is 2.31. The summed E-state index contributed by atoms with van der Waals surface area (Å²) in [7, 11) is 7.53. The molecule has 0 aliphatic heterocycles. The predicted octanol–water partition coefficient (Wildman–Crippen LogP) is 3.49. The molecule has 116 valence electrons. The van der Waals surface area contributed by atoms with Crippen LogP contribution in [-0.2, 0) is 4.79 Å². The molecule has 0 aliphatic rings. The number of rotatable bonds is 9. The van der Waals surface area contributed by atoms with E-state index in [0.29, 0.717) is 12.2 Å². The van der Waals surface area contributed by atoms with Gasteiger partial charge in [-0.15, -0.1) is 12.4 Å². The van der Waals surface area contributed by atoms with Crippen LogP contribution in [0.1, 0.15) is 32.6 Å². The first-order chi connectivity index (χ1) is 9.51. The number of carboxylic acids is 1. The van der Waals surface area contributed by atoms with Gasteiger partial charge in [-0.25, -0.2) is 0 Å². The van der Waals surface area contributed by atoms with Crippen molar-refractivity contribution in [2.75, 3.05) is 13.7 Å². The Labute approximate surface area is 133 Å². The Morgan fingerprint density at radius 2 is 1.81 bits per heavy atom. The van der Waals surface area contributed by atoms with E-state index in [9.17, 15) is 9.90 Å². The van der Waals surface area contributed by atoms with E-state index in [1.807, 2.05) is 6.92 Å². The van der Waals surface area contributed by atoms with Crippen molar-refractivity contribution in [2.45, 2.75) is 37.9 Å². The number of halogens is 1. The van der Waals surface area contributed by atoms with Gasteiger partial charge in [-0.2, -0.15) is 0 Å². The number of unbranched alkanes of at least 4 members (excludes halogenated alkanes) is 1. The quantitative estimate of drug-likeness (QED) is 0.709. The molecule has 0 saturated carbocycles. The summed E-state index contributed by atoms with van der Waals surface area (Å²) in [6, 6.07) is 7.15. The zero-order valence-corrected chi connectivity index (χ0v) is 13.3. The molecular formula is C15H22BClO4. The van der Waals surface area contributed by atoms with Gasteiger partial charge in [-0.1, -0.05) is 19.8 Å². The van der Waals surface area contributed by atoms with Crippen LogP contribution in [0.4, 0.5) is 0 Å². The Kier molecular flexibility index (Phi) is 8.94. The molecule has 0 heterocycles. The van der Waals surface area contributed by atoms with E-state index >= 15 is 0 Å². The molecule has 0 saturated heterocycles. The Bertz CT molecular complexity index is 424. The van der Waals surface area contributed by atoms with Gasteiger partial charge >= 0.3 is 5.97 Å². The number of benzene rings is 1. The molecular weight excluding hydrogens is 290 g/mol. The van der Waals surface area contributed by atoms with Crippen molar-refractivity contribution < 1.29 is 19.4 Å². The molecule has 1 aromatic carbocycles. The maximum Gasteiger partial charge on any atom is 0.300 e. The lowest BCUT2D eigenvalue weighted by molar-refractivity contribution is -0.141. The second kappa shape index (κ2) is 9.56. The fourth-order valence-electron chi connectivity index (χ4n) is 1.85. The molecule has 0 fully saturated rings. The van der Waals surface area contributed by atoms with Crippen LogP contribution in [0.25, 0.3) is 0 Å². The van der Waals surface area contributed by atoms with Crippen LogP contribution < -0.4 is 9.47 Å². The van der Waals surface area contributed by atoms with E-state index < -0.39 is 11.3 Å². The van der Waals surface area contributed by atoms with Crippen LogP contribution in [-0.4, -0.2) is 32.6 Å². The van der Waals surface area contributed by atoms with E-state index in [0.717, 1.165) is 18.6 Å². The molecule has 2 radical (unpaired) electrons. The maximum absolute atomic E-state index is 11.3. The lowest BCUT2D eigenvalue weighted by Crippen LogP contribution is -2.26. The van der Waals surface area contributed by atoms with Crippen LogP contribution in [0.5, 0.6) is 11.5 Å². The topological polar surface area (TPSA) is 55.8 Å². The number of methoxy groups -OCH3 is 1. The van der Waals surface area contributed by atoms with Crippen molar-refractivity contribution in [3.8, 4) is 11.5 Å². The van der Waals surface area contributed by atoms with Gasteiger partial charge in [0, 0.05) is 5.31 Å². The summed E-state index contributed by atoms with van der Waals surface area (Å²) in [6.45, 7) is 2.29. The molecule has 0 spiro atoms. The van der Waals surface area contributed by atoms with Gasteiger partial charge in [-0.3, -0.25) is 4.79 Å². The van der Waals surface area contributed by atoms with Gasteiger partial charge < -0.3 is 14.6 Å². The van der Waals surface area contributed by atoms with Gasteiger partial charge in [0.05, 0.1) is 21.6 Å². The fraction of sp³-hybridized carbons (Fsp3) is 0.533. The summed E-state index contributed by atoms with van der Waals surface area (Å²) in [5.74, 6) is 0.456. The Balaban J connectivity index is 0.00000400. The second-order valence-electron chi connectivity index (χ2n) is 4.84. The molecule has 0 amide bonds. The minimum atomic E-state index is -1.21. The maximum atomic E-state index is 11.3. The van der Waals surface area contributed by atoms with E-state index in [1.54, 1.807) is 31.4 Å². The number of carbonyl (C=O) groups is 1. The molecule has 1 rings (SSSR count). The highest BCUT2D eigenvalue weighted by Crippen LogP contribution is 2.33. The zero-order valence-electron chi connectivity index (χ0n) is 12.5. The molecule has 4 nitrogen and oxygen atoms in total. The smallest absolute Gasteiger partial charge is 0.300 e. The Morgan fingerprint density at radius 3 is 2.29 bits per heavy atom. The first-order valence-corrected chi connectivity index (χ1v) is 6.81. The summed E-state index contributed by atoms with van der Waals surface area (Å²) >= 11 is 0. The second-order valence-corrected chi connectivity index (χ2v) is 4.84. The van der Waals surface area contributed by atoms with Crippen molar-refractivity contribution in [1.82, 2.24) is 0 Å². The Morgan fingerprint density at radius 1 is 1.24 bits per heavy atom. The number of carboxylic acid groups (broad SMARTS) is 1. The van der Waals surface area contributed by atoms with Gasteiger partial charge in [-0.05, 0) is 37.1 Å². The van der Waals surface area contributed by atoms with E-state index in [4.69, 9.17) is 17.3 Å². The number of hydrogen-bond donors (Lipinski definition) is 1. The minimum Gasteiger partial charge on any atom is -0.497 e. The molecule has 1 atom stereocenters. The molecule has 1 aromatic rings. The van der Waals surface area contributed by atoms with Crippen LogP contribution in [0.2, 0.25) is 5.31 Å². The first-order valence-electron chi connectivity index (χ1n) is 6.81. The molecule has 0 aliphatic carbocycles. The molecule has 0 aromatic heterocycles. The van der Waals surface area contributed by atoms with Crippen LogP contribution in [0.3, 0.4) is 0 Å². The highest BCUT2D eigenvalue weighted by molar-refractivity contribution is 6.26. The third kappa shape index (κ3) is 6.30. The van der Waals surface area contributed by atoms with Gasteiger partial charge in [0.2, 0.25) is 0 Å². The summed E-state index contributed by atoms with van der Waals surface area (Å²) < 4.78 is 10.6. The van der Waals surface area contributed by atoms with Crippen LogP contribution in [0.15, 0.2) is 24.3 Å². The lowest BCUT2D eigenvalue weighted by atomic mass is 9.63. The Hall–Kier alpha value is -1.36. The molecule has 21 heavy (non-hydrogen) atoms. The molecule has 0 bridgehead atoms. The van der Waals surface area contributed by atoms with E-state index in [2.05, 4.69) is 0 Å². The molecule has 1 unspecified atom stereocenters. The minimum absolute atomic E-state index is 0. The third-order valence-electron chi connectivity index (χ3n) is 3.28. The summed E-state index contributed by atoms with van der Waals surface area (Å²) in [5, 5.41) is 8.02. The average Bonchev–Trinajstić information content (AvgIpc) is 2.45. The fourth-order valence-corrected chi connectivity index (χ4v) is 1.85. The zero-order chi connectivity index (χ0) is 15.0. The summed E-state index contributed by atoms with van der Waals surface area (Å²) in [6.07, 6.45) is 2.47. The first kappa shape index (κ1) is 19.6. The van der Waals surface area contributed by atoms with Gasteiger partial charge in [0.1, 0.15) is 11.5 Å². The monoisotopic (exact) mass is 312 g/mol. The SMILES string of the molecule is Cl.[B]C(CCCC)(CCOc1ccc(OC)cc1)C(=O)O. The van der Waals surface area contributed by atoms with Crippen molar-refractivity contribution in [3.05, 3.63) is 24.3 Å². The largest absolute Gasteiger partial charge is 0.497 e. The van der Waals surface area contributed by atoms with E-state index in [1.165, 1.54) is 0 Å². The molecule has 1 N–H and O–H groups in total. The summed E-state index contributed by atoms with van der Waals surface area (Å²) in [4.78, 5) is 11.3. The number of hydrogen-bond acceptors (Lipinski definition) is 3. The number of ether oxygens (including phenoxy) is 2. The molecule has 6 heteroatoms. The van der Waals surface area contributed by atoms with Crippen LogP contribution >= 0.6 is 12.4 Å².